The Morgan fingerprint density at radius 3 is 2.33 bits per heavy atom. The van der Waals surface area contributed by atoms with Crippen molar-refractivity contribution in [2.24, 2.45) is 0 Å². The molecule has 2 amide bonds. The number of nitrogens with zero attached hydrogens (tertiary/aromatic N) is 1. The molecule has 0 saturated carbocycles. The zero-order valence-electron chi connectivity index (χ0n) is 22.1. The number of aromatic amines is 1. The van der Waals surface area contributed by atoms with Gasteiger partial charge < -0.3 is 34.1 Å². The number of ether oxygens (including phenoxy) is 4. The number of nitrogens with one attached hydrogen (secondary N) is 2. The lowest BCUT2D eigenvalue weighted by molar-refractivity contribution is -0.113. The average Bonchev–Trinajstić information content (AvgIpc) is 2.96. The Kier molecular flexibility index (Phi) is 11.2. The molecule has 0 bridgehead atoms. The van der Waals surface area contributed by atoms with Crippen LogP contribution in [0.2, 0.25) is 0 Å². The number of H-pyrrole nitrogens is 1. The number of pyridine rings is 1. The minimum absolute atomic E-state index is 0.0122. The van der Waals surface area contributed by atoms with E-state index in [4.69, 9.17) is 18.9 Å². The van der Waals surface area contributed by atoms with Crippen LogP contribution in [0.4, 0.5) is 4.39 Å². The molecule has 2 aromatic carbocycles. The summed E-state index contributed by atoms with van der Waals surface area (Å²) in [7, 11) is 4.40. The molecule has 0 aliphatic rings. The van der Waals surface area contributed by atoms with Crippen molar-refractivity contribution < 1.29 is 32.9 Å². The molecule has 0 fully saturated rings. The van der Waals surface area contributed by atoms with E-state index in [1.54, 1.807) is 0 Å². The molecule has 3 rings (SSSR count). The van der Waals surface area contributed by atoms with Gasteiger partial charge in [-0.2, -0.15) is 0 Å². The van der Waals surface area contributed by atoms with Crippen LogP contribution in [0.15, 0.2) is 65.6 Å². The summed E-state index contributed by atoms with van der Waals surface area (Å²) in [6, 6.07) is 14.7. The van der Waals surface area contributed by atoms with Gasteiger partial charge in [0.25, 0.3) is 11.8 Å². The van der Waals surface area contributed by atoms with Crippen LogP contribution in [-0.2, 0) is 27.4 Å². The monoisotopic (exact) mass is 541 g/mol. The van der Waals surface area contributed by atoms with Gasteiger partial charge >= 0.3 is 0 Å². The molecule has 0 radical (unpaired) electrons. The van der Waals surface area contributed by atoms with Crippen molar-refractivity contribution in [1.82, 2.24) is 15.2 Å². The summed E-state index contributed by atoms with van der Waals surface area (Å²) < 4.78 is 34.6. The lowest BCUT2D eigenvalue weighted by Crippen LogP contribution is -2.42. The first-order chi connectivity index (χ1) is 18.9. The standard InChI is InChI=1S/C28H32FN3O7/c1-36-14-13-32(17-23(37-2)38-3)28(35)24-26(39-18-20-7-5-4-6-8-20)25(33)22(16-30-24)27(34)31-15-19-9-11-21(29)12-10-19/h4-12,16,23H,13-15,17-18H2,1-3H3,(H,30,33)(H,31,34). The van der Waals surface area contributed by atoms with Gasteiger partial charge in [-0.25, -0.2) is 4.39 Å². The van der Waals surface area contributed by atoms with E-state index >= 15 is 0 Å². The summed E-state index contributed by atoms with van der Waals surface area (Å²) in [5.41, 5.74) is 0.274. The topological polar surface area (TPSA) is 119 Å². The van der Waals surface area contributed by atoms with Crippen LogP contribution in [0.1, 0.15) is 32.0 Å². The quantitative estimate of drug-likeness (QED) is 0.301. The lowest BCUT2D eigenvalue weighted by atomic mass is 10.1. The minimum atomic E-state index is -0.758. The van der Waals surface area contributed by atoms with Crippen LogP contribution in [0.25, 0.3) is 0 Å². The molecule has 10 nitrogen and oxygen atoms in total. The maximum atomic E-state index is 13.6. The third-order valence-corrected chi connectivity index (χ3v) is 5.84. The fraction of sp³-hybridized carbons (Fsp3) is 0.321. The molecule has 0 aliphatic heterocycles. The second-order valence-corrected chi connectivity index (χ2v) is 8.46. The molecule has 0 saturated heterocycles. The first kappa shape index (κ1) is 29.5. The fourth-order valence-corrected chi connectivity index (χ4v) is 3.65. The highest BCUT2D eigenvalue weighted by Gasteiger charge is 2.27. The number of hydrogen-bond acceptors (Lipinski definition) is 7. The maximum absolute atomic E-state index is 13.6. The van der Waals surface area contributed by atoms with Crippen molar-refractivity contribution in [2.75, 3.05) is 41.0 Å². The largest absolute Gasteiger partial charge is 0.483 e. The number of amides is 2. The molecule has 39 heavy (non-hydrogen) atoms. The molecule has 208 valence electrons. The number of methoxy groups -OCH3 is 3. The van der Waals surface area contributed by atoms with E-state index in [9.17, 15) is 18.8 Å². The Labute approximate surface area is 225 Å². The average molecular weight is 542 g/mol. The highest BCUT2D eigenvalue weighted by atomic mass is 19.1. The molecule has 11 heteroatoms. The summed E-state index contributed by atoms with van der Waals surface area (Å²) in [4.78, 5) is 44.2. The predicted octanol–water partition coefficient (Wildman–Crippen LogP) is 2.73. The van der Waals surface area contributed by atoms with Crippen LogP contribution < -0.4 is 15.5 Å². The first-order valence-electron chi connectivity index (χ1n) is 12.2. The zero-order valence-corrected chi connectivity index (χ0v) is 22.1. The summed E-state index contributed by atoms with van der Waals surface area (Å²) in [5.74, 6) is -1.94. The van der Waals surface area contributed by atoms with Crippen LogP contribution >= 0.6 is 0 Å². The third-order valence-electron chi connectivity index (χ3n) is 5.84. The maximum Gasteiger partial charge on any atom is 0.274 e. The van der Waals surface area contributed by atoms with E-state index in [0.717, 1.165) is 5.56 Å². The molecular weight excluding hydrogens is 509 g/mol. The number of halogens is 1. The number of rotatable bonds is 14. The van der Waals surface area contributed by atoms with Crippen LogP contribution in [-0.4, -0.2) is 69.0 Å². The van der Waals surface area contributed by atoms with Gasteiger partial charge in [0.1, 0.15) is 18.0 Å². The summed E-state index contributed by atoms with van der Waals surface area (Å²) in [6.45, 7) is 0.509. The molecule has 0 atom stereocenters. The van der Waals surface area contributed by atoms with Crippen molar-refractivity contribution >= 4 is 11.8 Å². The van der Waals surface area contributed by atoms with E-state index < -0.39 is 29.4 Å². The van der Waals surface area contributed by atoms with E-state index in [-0.39, 0.29) is 49.9 Å². The Balaban J connectivity index is 1.93. The van der Waals surface area contributed by atoms with Gasteiger partial charge in [-0.3, -0.25) is 14.4 Å². The van der Waals surface area contributed by atoms with Gasteiger partial charge in [0, 0.05) is 40.6 Å². The summed E-state index contributed by atoms with van der Waals surface area (Å²) in [6.07, 6.45) is 0.451. The van der Waals surface area contributed by atoms with Gasteiger partial charge in [0.2, 0.25) is 5.43 Å². The lowest BCUT2D eigenvalue weighted by Gasteiger charge is -2.26. The molecule has 3 aromatic rings. The number of carbonyl (C=O) groups excluding carboxylic acids is 2. The molecule has 0 unspecified atom stereocenters. The molecule has 1 heterocycles. The zero-order chi connectivity index (χ0) is 28.2. The van der Waals surface area contributed by atoms with Gasteiger partial charge in [0.05, 0.1) is 13.2 Å². The Bertz CT molecular complexity index is 1280. The molecule has 0 aliphatic carbocycles. The predicted molar refractivity (Wildman–Crippen MR) is 141 cm³/mol. The van der Waals surface area contributed by atoms with E-state index in [2.05, 4.69) is 10.3 Å². The van der Waals surface area contributed by atoms with E-state index in [1.165, 1.54) is 56.7 Å². The van der Waals surface area contributed by atoms with Crippen LogP contribution in [0.5, 0.6) is 5.75 Å². The molecular formula is C28H32FN3O7. The fourth-order valence-electron chi connectivity index (χ4n) is 3.65. The molecule has 1 aromatic heterocycles. The number of hydrogen-bond donors (Lipinski definition) is 2. The van der Waals surface area contributed by atoms with Crippen molar-refractivity contribution in [3.05, 3.63) is 99.2 Å². The van der Waals surface area contributed by atoms with Crippen LogP contribution in [0, 0.1) is 5.82 Å². The Morgan fingerprint density at radius 2 is 1.69 bits per heavy atom. The van der Waals surface area contributed by atoms with Gasteiger partial charge in [-0.15, -0.1) is 0 Å². The second kappa shape index (κ2) is 14.8. The molecule has 2 N–H and O–H groups in total. The normalized spacial score (nSPS) is 10.9. The second-order valence-electron chi connectivity index (χ2n) is 8.46. The first-order valence-corrected chi connectivity index (χ1v) is 12.2. The highest BCUT2D eigenvalue weighted by molar-refractivity contribution is 5.98. The SMILES string of the molecule is COCCN(CC(OC)OC)C(=O)c1[nH]cc(C(=O)NCc2ccc(F)cc2)c(=O)c1OCc1ccccc1. The smallest absolute Gasteiger partial charge is 0.274 e. The van der Waals surface area contributed by atoms with Gasteiger partial charge in [-0.05, 0) is 23.3 Å². The van der Waals surface area contributed by atoms with Crippen molar-refractivity contribution in [2.45, 2.75) is 19.4 Å². The van der Waals surface area contributed by atoms with Gasteiger partial charge in [0.15, 0.2) is 17.7 Å². The minimum Gasteiger partial charge on any atom is -0.483 e. The summed E-state index contributed by atoms with van der Waals surface area (Å²) >= 11 is 0. The van der Waals surface area contributed by atoms with E-state index in [1.807, 2.05) is 30.3 Å². The van der Waals surface area contributed by atoms with Crippen LogP contribution in [0.3, 0.4) is 0 Å². The van der Waals surface area contributed by atoms with Crippen molar-refractivity contribution in [1.29, 1.82) is 0 Å². The van der Waals surface area contributed by atoms with Gasteiger partial charge in [-0.1, -0.05) is 42.5 Å². The summed E-state index contributed by atoms with van der Waals surface area (Å²) in [5, 5.41) is 2.64. The van der Waals surface area contributed by atoms with Crippen molar-refractivity contribution in [3.63, 3.8) is 0 Å². The Morgan fingerprint density at radius 1 is 1.00 bits per heavy atom. The third kappa shape index (κ3) is 8.21. The number of carbonyl (C=O) groups is 2. The van der Waals surface area contributed by atoms with Crippen molar-refractivity contribution in [3.8, 4) is 5.75 Å². The Hall–Kier alpha value is -4.06. The number of aromatic nitrogens is 1. The highest BCUT2D eigenvalue weighted by Crippen LogP contribution is 2.18. The van der Waals surface area contributed by atoms with E-state index in [0.29, 0.717) is 5.56 Å². The number of benzene rings is 2. The molecule has 0 spiro atoms.